The third-order valence-corrected chi connectivity index (χ3v) is 2.77. The lowest BCUT2D eigenvalue weighted by atomic mass is 10.3. The molecule has 0 saturated heterocycles. The smallest absolute Gasteiger partial charge is 0.242 e. The number of anilines is 1. The second-order valence-corrected chi connectivity index (χ2v) is 4.52. The fourth-order valence-electron chi connectivity index (χ4n) is 1.19. The van der Waals surface area contributed by atoms with Crippen molar-refractivity contribution in [2.75, 3.05) is 5.73 Å². The van der Waals surface area contributed by atoms with Gasteiger partial charge in [0.05, 0.1) is 15.2 Å². The van der Waals surface area contributed by atoms with Crippen LogP contribution in [0.4, 0.5) is 10.1 Å². The maximum Gasteiger partial charge on any atom is 0.242 e. The Morgan fingerprint density at radius 2 is 2.12 bits per heavy atom. The van der Waals surface area contributed by atoms with Gasteiger partial charge in [-0.05, 0) is 40.2 Å². The molecule has 2 rings (SSSR count). The van der Waals surface area contributed by atoms with E-state index in [9.17, 15) is 4.39 Å². The van der Waals surface area contributed by atoms with E-state index in [1.165, 1.54) is 30.5 Å². The molecule has 1 heterocycles. The molecule has 1 aromatic heterocycles. The van der Waals surface area contributed by atoms with E-state index in [0.717, 1.165) is 0 Å². The number of halogens is 3. The SMILES string of the molecule is Nc1cc(Cl)cnc1Oc1ccc(F)cc1Br. The first-order valence-corrected chi connectivity index (χ1v) is 5.77. The van der Waals surface area contributed by atoms with Crippen LogP contribution < -0.4 is 10.5 Å². The fourth-order valence-corrected chi connectivity index (χ4v) is 1.79. The number of hydrogen-bond acceptors (Lipinski definition) is 3. The lowest BCUT2D eigenvalue weighted by Crippen LogP contribution is -1.95. The average molecular weight is 318 g/mol. The minimum Gasteiger partial charge on any atom is -0.436 e. The van der Waals surface area contributed by atoms with E-state index in [1.54, 1.807) is 0 Å². The molecule has 2 aromatic rings. The minimum atomic E-state index is -0.360. The van der Waals surface area contributed by atoms with Crippen LogP contribution in [0.5, 0.6) is 11.6 Å². The van der Waals surface area contributed by atoms with Gasteiger partial charge in [-0.15, -0.1) is 0 Å². The van der Waals surface area contributed by atoms with Crippen LogP contribution in [0.1, 0.15) is 0 Å². The average Bonchev–Trinajstić information content (AvgIpc) is 2.25. The summed E-state index contributed by atoms with van der Waals surface area (Å²) in [6.45, 7) is 0. The standard InChI is InChI=1S/C11H7BrClFN2O/c12-8-4-7(14)1-2-10(8)17-11-9(15)3-6(13)5-16-11/h1-5H,15H2. The van der Waals surface area contributed by atoms with Crippen LogP contribution >= 0.6 is 27.5 Å². The van der Waals surface area contributed by atoms with Gasteiger partial charge in [0.2, 0.25) is 5.88 Å². The summed E-state index contributed by atoms with van der Waals surface area (Å²) >= 11 is 8.90. The van der Waals surface area contributed by atoms with E-state index in [0.29, 0.717) is 20.9 Å². The topological polar surface area (TPSA) is 48.1 Å². The highest BCUT2D eigenvalue weighted by atomic mass is 79.9. The normalized spacial score (nSPS) is 10.3. The van der Waals surface area contributed by atoms with Crippen molar-refractivity contribution in [2.45, 2.75) is 0 Å². The largest absolute Gasteiger partial charge is 0.436 e. The Morgan fingerprint density at radius 1 is 1.35 bits per heavy atom. The van der Waals surface area contributed by atoms with Crippen LogP contribution in [-0.2, 0) is 0 Å². The molecule has 0 unspecified atom stereocenters. The quantitative estimate of drug-likeness (QED) is 0.910. The van der Waals surface area contributed by atoms with Crippen LogP contribution in [0.15, 0.2) is 34.9 Å². The molecule has 88 valence electrons. The molecule has 6 heteroatoms. The van der Waals surface area contributed by atoms with Crippen LogP contribution in [-0.4, -0.2) is 4.98 Å². The Bertz CT molecular complexity index is 516. The summed E-state index contributed by atoms with van der Waals surface area (Å²) in [5.41, 5.74) is 6.00. The predicted octanol–water partition coefficient (Wildman–Crippen LogP) is 4.01. The molecule has 2 N–H and O–H groups in total. The molecule has 0 spiro atoms. The summed E-state index contributed by atoms with van der Waals surface area (Å²) < 4.78 is 18.8. The molecule has 0 aliphatic carbocycles. The summed E-state index contributed by atoms with van der Waals surface area (Å²) in [5.74, 6) is 0.288. The third-order valence-electron chi connectivity index (χ3n) is 1.95. The van der Waals surface area contributed by atoms with Crippen molar-refractivity contribution in [3.63, 3.8) is 0 Å². The van der Waals surface area contributed by atoms with Gasteiger partial charge >= 0.3 is 0 Å². The van der Waals surface area contributed by atoms with E-state index < -0.39 is 0 Å². The number of nitrogen functional groups attached to an aromatic ring is 1. The van der Waals surface area contributed by atoms with Crippen LogP contribution in [0.3, 0.4) is 0 Å². The number of rotatable bonds is 2. The predicted molar refractivity (Wildman–Crippen MR) is 67.8 cm³/mol. The Morgan fingerprint density at radius 3 is 2.76 bits per heavy atom. The summed E-state index contributed by atoms with van der Waals surface area (Å²) in [4.78, 5) is 3.94. The number of nitrogens with two attached hydrogens (primary N) is 1. The van der Waals surface area contributed by atoms with Gasteiger partial charge in [-0.1, -0.05) is 11.6 Å². The first-order valence-electron chi connectivity index (χ1n) is 4.60. The molecular weight excluding hydrogens is 310 g/mol. The van der Waals surface area contributed by atoms with Gasteiger partial charge in [-0.25, -0.2) is 9.37 Å². The van der Waals surface area contributed by atoms with Crippen LogP contribution in [0.2, 0.25) is 5.02 Å². The highest BCUT2D eigenvalue weighted by Crippen LogP contribution is 2.32. The van der Waals surface area contributed by atoms with Crippen LogP contribution in [0, 0.1) is 5.82 Å². The number of ether oxygens (including phenoxy) is 1. The Balaban J connectivity index is 2.31. The maximum absolute atomic E-state index is 12.9. The first-order chi connectivity index (χ1) is 8.06. The molecule has 0 radical (unpaired) electrons. The Hall–Kier alpha value is -1.33. The number of pyridine rings is 1. The fraction of sp³-hybridized carbons (Fsp3) is 0. The third kappa shape index (κ3) is 2.87. The van der Waals surface area contributed by atoms with Gasteiger partial charge in [0.1, 0.15) is 11.6 Å². The van der Waals surface area contributed by atoms with Crippen molar-refractivity contribution in [1.29, 1.82) is 0 Å². The van der Waals surface area contributed by atoms with Gasteiger partial charge in [0.15, 0.2) is 0 Å². The molecule has 17 heavy (non-hydrogen) atoms. The molecule has 3 nitrogen and oxygen atoms in total. The van der Waals surface area contributed by atoms with E-state index in [-0.39, 0.29) is 11.7 Å². The van der Waals surface area contributed by atoms with Crippen LogP contribution in [0.25, 0.3) is 0 Å². The van der Waals surface area contributed by atoms with E-state index in [2.05, 4.69) is 20.9 Å². The molecule has 0 bridgehead atoms. The van der Waals surface area contributed by atoms with Crippen molar-refractivity contribution < 1.29 is 9.13 Å². The summed E-state index contributed by atoms with van der Waals surface area (Å²) in [6, 6.07) is 5.59. The monoisotopic (exact) mass is 316 g/mol. The highest BCUT2D eigenvalue weighted by Gasteiger charge is 2.08. The number of nitrogens with zero attached hydrogens (tertiary/aromatic N) is 1. The van der Waals surface area contributed by atoms with E-state index >= 15 is 0 Å². The molecule has 0 amide bonds. The molecule has 1 aromatic carbocycles. The highest BCUT2D eigenvalue weighted by molar-refractivity contribution is 9.10. The summed E-state index contributed by atoms with van der Waals surface area (Å²) in [5, 5.41) is 0.424. The van der Waals surface area contributed by atoms with Crippen molar-refractivity contribution in [2.24, 2.45) is 0 Å². The van der Waals surface area contributed by atoms with Gasteiger partial charge in [-0.2, -0.15) is 0 Å². The van der Waals surface area contributed by atoms with E-state index in [1.807, 2.05) is 0 Å². The lowest BCUT2D eigenvalue weighted by Gasteiger charge is -2.08. The molecule has 0 fully saturated rings. The molecule has 0 atom stereocenters. The van der Waals surface area contributed by atoms with Gasteiger partial charge in [0, 0.05) is 6.20 Å². The molecular formula is C11H7BrClFN2O. The van der Waals surface area contributed by atoms with Gasteiger partial charge in [-0.3, -0.25) is 0 Å². The summed E-state index contributed by atoms with van der Waals surface area (Å²) in [7, 11) is 0. The van der Waals surface area contributed by atoms with E-state index in [4.69, 9.17) is 22.1 Å². The molecule has 0 aliphatic rings. The number of aromatic nitrogens is 1. The maximum atomic E-state index is 12.9. The first kappa shape index (κ1) is 12.1. The molecule has 0 saturated carbocycles. The Labute approximate surface area is 110 Å². The van der Waals surface area contributed by atoms with Crippen molar-refractivity contribution in [3.05, 3.63) is 45.8 Å². The minimum absolute atomic E-state index is 0.224. The second kappa shape index (κ2) is 4.89. The lowest BCUT2D eigenvalue weighted by molar-refractivity contribution is 0.461. The number of hydrogen-bond donors (Lipinski definition) is 1. The zero-order chi connectivity index (χ0) is 12.4. The van der Waals surface area contributed by atoms with Gasteiger partial charge in [0.25, 0.3) is 0 Å². The summed E-state index contributed by atoms with van der Waals surface area (Å²) in [6.07, 6.45) is 1.42. The Kier molecular flexibility index (Phi) is 3.49. The second-order valence-electron chi connectivity index (χ2n) is 3.22. The zero-order valence-electron chi connectivity index (χ0n) is 8.45. The zero-order valence-corrected chi connectivity index (χ0v) is 10.8. The van der Waals surface area contributed by atoms with Crippen molar-refractivity contribution in [1.82, 2.24) is 4.98 Å². The van der Waals surface area contributed by atoms with Crippen molar-refractivity contribution in [3.8, 4) is 11.6 Å². The van der Waals surface area contributed by atoms with Crippen molar-refractivity contribution >= 4 is 33.2 Å². The van der Waals surface area contributed by atoms with Gasteiger partial charge < -0.3 is 10.5 Å². The molecule has 0 aliphatic heterocycles. The number of benzene rings is 1.